The average molecular weight is 474 g/mol. The fraction of sp³-hybridized carbons (Fsp3) is 0.435. The number of carbonyl (C=O) groups is 1. The van der Waals surface area contributed by atoms with E-state index < -0.39 is 41.5 Å². The summed E-state index contributed by atoms with van der Waals surface area (Å²) in [6.45, 7) is 0.302. The van der Waals surface area contributed by atoms with E-state index >= 15 is 0 Å². The molecule has 10 heteroatoms. The molecule has 33 heavy (non-hydrogen) atoms. The first-order chi connectivity index (χ1) is 15.4. The Morgan fingerprint density at radius 1 is 0.939 bits per heavy atom. The standard InChI is InChI=1S/C23H23F6NO3/c24-22(25,26)18-10-16(11-19(12-18)23(27,28)29)14-33-15-21(17-4-2-1-3-5-17)6-8-30(9-7-21)13-20(31)32/h1-5,10-12H,6-9,13-15H2,(H,31,32)/p-1. The number of hydrogen-bond acceptors (Lipinski definition) is 4. The lowest BCUT2D eigenvalue weighted by atomic mass is 9.73. The second kappa shape index (κ2) is 9.72. The number of alkyl halides is 6. The normalized spacial score (nSPS) is 17.2. The molecule has 0 aromatic heterocycles. The maximum Gasteiger partial charge on any atom is 0.416 e. The second-order valence-electron chi connectivity index (χ2n) is 8.20. The molecule has 1 heterocycles. The molecule has 1 fully saturated rings. The quantitative estimate of drug-likeness (QED) is 0.569. The zero-order valence-corrected chi connectivity index (χ0v) is 17.5. The van der Waals surface area contributed by atoms with Crippen LogP contribution in [0.25, 0.3) is 0 Å². The molecule has 0 bridgehead atoms. The molecule has 4 nitrogen and oxygen atoms in total. The molecule has 0 atom stereocenters. The molecule has 1 aliphatic rings. The van der Waals surface area contributed by atoms with E-state index in [9.17, 15) is 36.2 Å². The van der Waals surface area contributed by atoms with E-state index in [0.29, 0.717) is 38.1 Å². The molecule has 0 saturated carbocycles. The van der Waals surface area contributed by atoms with Gasteiger partial charge in [0.05, 0.1) is 30.3 Å². The van der Waals surface area contributed by atoms with Crippen LogP contribution in [0.4, 0.5) is 26.3 Å². The minimum absolute atomic E-state index is 0.0633. The number of carboxylic acids is 1. The molecule has 1 aliphatic heterocycles. The van der Waals surface area contributed by atoms with Gasteiger partial charge in [0, 0.05) is 12.0 Å². The first-order valence-electron chi connectivity index (χ1n) is 10.2. The van der Waals surface area contributed by atoms with Crippen LogP contribution in [-0.2, 0) is 33.9 Å². The van der Waals surface area contributed by atoms with Crippen LogP contribution in [-0.4, -0.2) is 37.1 Å². The predicted molar refractivity (Wildman–Crippen MR) is 105 cm³/mol. The van der Waals surface area contributed by atoms with Gasteiger partial charge in [-0.2, -0.15) is 26.3 Å². The number of likely N-dealkylation sites (tertiary alicyclic amines) is 1. The molecule has 180 valence electrons. The SMILES string of the molecule is O=C([O-])CN1CCC(COCc2cc(C(F)(F)F)cc(C(F)(F)F)c2)(c2ccccc2)CC1. The maximum atomic E-state index is 13.1. The van der Waals surface area contributed by atoms with E-state index in [-0.39, 0.29) is 24.8 Å². The number of halogens is 6. The highest BCUT2D eigenvalue weighted by Gasteiger charge is 2.38. The number of hydrogen-bond donors (Lipinski definition) is 0. The number of ether oxygens (including phenoxy) is 1. The van der Waals surface area contributed by atoms with Crippen LogP contribution in [0, 0.1) is 0 Å². The highest BCUT2D eigenvalue weighted by molar-refractivity contribution is 5.66. The van der Waals surface area contributed by atoms with E-state index in [4.69, 9.17) is 4.74 Å². The molecule has 0 amide bonds. The largest absolute Gasteiger partial charge is 0.549 e. The van der Waals surface area contributed by atoms with Gasteiger partial charge in [-0.1, -0.05) is 30.3 Å². The zero-order valence-electron chi connectivity index (χ0n) is 17.5. The van der Waals surface area contributed by atoms with Crippen LogP contribution >= 0.6 is 0 Å². The lowest BCUT2D eigenvalue weighted by molar-refractivity contribution is -0.306. The summed E-state index contributed by atoms with van der Waals surface area (Å²) < 4.78 is 84.3. The first kappa shape index (κ1) is 25.0. The van der Waals surface area contributed by atoms with Crippen molar-refractivity contribution in [3.8, 4) is 0 Å². The maximum absolute atomic E-state index is 13.1. The molecule has 2 aromatic carbocycles. The summed E-state index contributed by atoms with van der Waals surface area (Å²) in [5.74, 6) is -1.19. The van der Waals surface area contributed by atoms with Crippen molar-refractivity contribution in [3.63, 3.8) is 0 Å². The van der Waals surface area contributed by atoms with Gasteiger partial charge in [-0.05, 0) is 55.3 Å². The van der Waals surface area contributed by atoms with Gasteiger partial charge >= 0.3 is 12.4 Å². The monoisotopic (exact) mass is 474 g/mol. The topological polar surface area (TPSA) is 52.6 Å². The van der Waals surface area contributed by atoms with Gasteiger partial charge in [-0.3, -0.25) is 4.90 Å². The third-order valence-electron chi connectivity index (χ3n) is 5.85. The number of nitrogens with zero attached hydrogens (tertiary/aromatic N) is 1. The molecule has 2 aromatic rings. The molecule has 1 saturated heterocycles. The van der Waals surface area contributed by atoms with Gasteiger partial charge in [0.1, 0.15) is 0 Å². The Morgan fingerprint density at radius 3 is 1.97 bits per heavy atom. The van der Waals surface area contributed by atoms with Gasteiger partial charge in [-0.25, -0.2) is 0 Å². The number of carboxylic acid groups (broad SMARTS) is 1. The third-order valence-corrected chi connectivity index (χ3v) is 5.85. The van der Waals surface area contributed by atoms with Crippen molar-refractivity contribution >= 4 is 5.97 Å². The van der Waals surface area contributed by atoms with E-state index in [1.165, 1.54) is 0 Å². The van der Waals surface area contributed by atoms with Crippen LogP contribution in [0.1, 0.15) is 35.1 Å². The minimum Gasteiger partial charge on any atom is -0.549 e. The van der Waals surface area contributed by atoms with Crippen molar-refractivity contribution in [2.75, 3.05) is 26.2 Å². The van der Waals surface area contributed by atoms with Crippen LogP contribution in [0.15, 0.2) is 48.5 Å². The van der Waals surface area contributed by atoms with Gasteiger partial charge in [0.15, 0.2) is 0 Å². The second-order valence-corrected chi connectivity index (χ2v) is 8.20. The number of piperidine rings is 1. The molecule has 0 N–H and O–H groups in total. The van der Waals surface area contributed by atoms with Crippen LogP contribution in [0.3, 0.4) is 0 Å². The van der Waals surface area contributed by atoms with Crippen LogP contribution < -0.4 is 5.11 Å². The highest BCUT2D eigenvalue weighted by atomic mass is 19.4. The molecule has 0 aliphatic carbocycles. The summed E-state index contributed by atoms with van der Waals surface area (Å²) in [7, 11) is 0. The first-order valence-corrected chi connectivity index (χ1v) is 10.2. The lowest BCUT2D eigenvalue weighted by Gasteiger charge is -2.42. The van der Waals surface area contributed by atoms with Crippen molar-refractivity contribution < 1.29 is 41.0 Å². The third kappa shape index (κ3) is 6.48. The Kier molecular flexibility index (Phi) is 7.38. The van der Waals surface area contributed by atoms with Crippen LogP contribution in [0.2, 0.25) is 0 Å². The molecular formula is C23H22F6NO3-. The van der Waals surface area contributed by atoms with Gasteiger partial charge < -0.3 is 14.6 Å². The van der Waals surface area contributed by atoms with E-state index in [0.717, 1.165) is 5.56 Å². The van der Waals surface area contributed by atoms with Crippen molar-refractivity contribution in [3.05, 3.63) is 70.8 Å². The zero-order chi connectivity index (χ0) is 24.3. The Morgan fingerprint density at radius 2 is 1.48 bits per heavy atom. The molecule has 0 spiro atoms. The summed E-state index contributed by atoms with van der Waals surface area (Å²) in [5, 5.41) is 10.9. The van der Waals surface area contributed by atoms with Crippen molar-refractivity contribution in [2.45, 2.75) is 37.2 Å². The molecule has 3 rings (SSSR count). The molecule has 0 unspecified atom stereocenters. The summed E-state index contributed by atoms with van der Waals surface area (Å²) in [5.41, 5.74) is -2.63. The fourth-order valence-corrected chi connectivity index (χ4v) is 4.10. The Hall–Kier alpha value is -2.59. The van der Waals surface area contributed by atoms with Gasteiger partial charge in [-0.15, -0.1) is 0 Å². The summed E-state index contributed by atoms with van der Waals surface area (Å²) in [4.78, 5) is 12.6. The predicted octanol–water partition coefficient (Wildman–Crippen LogP) is 4.02. The van der Waals surface area contributed by atoms with E-state index in [2.05, 4.69) is 0 Å². The summed E-state index contributed by atoms with van der Waals surface area (Å²) >= 11 is 0. The Bertz CT molecular complexity index is 919. The number of rotatable bonds is 7. The van der Waals surface area contributed by atoms with E-state index in [1.807, 2.05) is 30.3 Å². The average Bonchev–Trinajstić information content (AvgIpc) is 2.74. The Balaban J connectivity index is 1.78. The minimum atomic E-state index is -4.92. The van der Waals surface area contributed by atoms with E-state index in [1.54, 1.807) is 4.90 Å². The highest BCUT2D eigenvalue weighted by Crippen LogP contribution is 2.38. The number of aliphatic carboxylic acids is 1. The summed E-state index contributed by atoms with van der Waals surface area (Å²) in [6, 6.07) is 10.6. The summed E-state index contributed by atoms with van der Waals surface area (Å²) in [6.07, 6.45) is -8.82. The smallest absolute Gasteiger partial charge is 0.416 e. The fourth-order valence-electron chi connectivity index (χ4n) is 4.10. The molecular weight excluding hydrogens is 452 g/mol. The molecule has 0 radical (unpaired) electrons. The van der Waals surface area contributed by atoms with Crippen molar-refractivity contribution in [2.24, 2.45) is 0 Å². The number of benzene rings is 2. The lowest BCUT2D eigenvalue weighted by Crippen LogP contribution is -2.48. The van der Waals surface area contributed by atoms with Crippen molar-refractivity contribution in [1.29, 1.82) is 0 Å². The van der Waals surface area contributed by atoms with Crippen molar-refractivity contribution in [1.82, 2.24) is 4.90 Å². The van der Waals surface area contributed by atoms with Crippen LogP contribution in [0.5, 0.6) is 0 Å². The number of carbonyl (C=O) groups excluding carboxylic acids is 1. The van der Waals surface area contributed by atoms with Gasteiger partial charge in [0.25, 0.3) is 0 Å². The Labute approximate surface area is 186 Å². The van der Waals surface area contributed by atoms with Gasteiger partial charge in [0.2, 0.25) is 0 Å².